The maximum Gasteiger partial charge on any atom is 0.240 e. The molecule has 0 radical (unpaired) electrons. The highest BCUT2D eigenvalue weighted by molar-refractivity contribution is 5.82. The highest BCUT2D eigenvalue weighted by Crippen LogP contribution is 2.15. The van der Waals surface area contributed by atoms with Gasteiger partial charge in [-0.05, 0) is 17.0 Å². The van der Waals surface area contributed by atoms with Crippen LogP contribution >= 0.6 is 0 Å². The molecule has 0 spiro atoms. The Hall–Kier alpha value is -2.13. The van der Waals surface area contributed by atoms with Crippen molar-refractivity contribution >= 4 is 5.91 Å². The van der Waals surface area contributed by atoms with Gasteiger partial charge in [-0.2, -0.15) is 0 Å². The molecule has 23 heavy (non-hydrogen) atoms. The fraction of sp³-hybridized carbons (Fsp3) is 0.350. The number of carbonyl (C=O) groups is 1. The SMILES string of the molecule is CC[C@H](C)[C@H](N)C(=O)N(Cc1ccccc1)Cc1ccccc1. The van der Waals surface area contributed by atoms with Crippen molar-refractivity contribution in [2.24, 2.45) is 11.7 Å². The van der Waals surface area contributed by atoms with Gasteiger partial charge in [0.2, 0.25) is 5.91 Å². The first-order chi connectivity index (χ1) is 11.1. The maximum atomic E-state index is 12.9. The lowest BCUT2D eigenvalue weighted by Gasteiger charge is -2.28. The van der Waals surface area contributed by atoms with Gasteiger partial charge in [0.25, 0.3) is 0 Å². The molecule has 0 aliphatic heterocycles. The van der Waals surface area contributed by atoms with Gasteiger partial charge in [-0.15, -0.1) is 0 Å². The molecule has 0 bridgehead atoms. The Morgan fingerprint density at radius 2 is 1.39 bits per heavy atom. The molecule has 0 fully saturated rings. The van der Waals surface area contributed by atoms with E-state index in [1.165, 1.54) is 0 Å². The molecule has 0 aliphatic rings. The molecule has 2 aromatic carbocycles. The molecule has 1 amide bonds. The Labute approximate surface area is 139 Å². The van der Waals surface area contributed by atoms with E-state index < -0.39 is 6.04 Å². The highest BCUT2D eigenvalue weighted by atomic mass is 16.2. The zero-order valence-electron chi connectivity index (χ0n) is 14.0. The molecule has 0 saturated carbocycles. The van der Waals surface area contributed by atoms with Gasteiger partial charge in [-0.25, -0.2) is 0 Å². The van der Waals surface area contributed by atoms with Gasteiger partial charge in [0.15, 0.2) is 0 Å². The normalized spacial score (nSPS) is 13.3. The highest BCUT2D eigenvalue weighted by Gasteiger charge is 2.25. The minimum atomic E-state index is -0.451. The predicted octanol–water partition coefficient (Wildman–Crippen LogP) is 3.59. The number of hydrogen-bond acceptors (Lipinski definition) is 2. The van der Waals surface area contributed by atoms with Gasteiger partial charge in [-0.3, -0.25) is 4.79 Å². The summed E-state index contributed by atoms with van der Waals surface area (Å²) in [4.78, 5) is 14.7. The number of carbonyl (C=O) groups excluding carboxylic acids is 1. The number of nitrogens with zero attached hydrogens (tertiary/aromatic N) is 1. The van der Waals surface area contributed by atoms with Crippen LogP contribution in [0.5, 0.6) is 0 Å². The van der Waals surface area contributed by atoms with Gasteiger partial charge >= 0.3 is 0 Å². The Morgan fingerprint density at radius 1 is 0.957 bits per heavy atom. The van der Waals surface area contributed by atoms with Gasteiger partial charge in [0, 0.05) is 13.1 Å². The van der Waals surface area contributed by atoms with E-state index >= 15 is 0 Å². The van der Waals surface area contributed by atoms with E-state index in [1.807, 2.05) is 72.5 Å². The van der Waals surface area contributed by atoms with Crippen LogP contribution in [-0.4, -0.2) is 16.8 Å². The van der Waals surface area contributed by atoms with Crippen LogP contribution in [0.2, 0.25) is 0 Å². The summed E-state index contributed by atoms with van der Waals surface area (Å²) in [5.41, 5.74) is 8.43. The lowest BCUT2D eigenvalue weighted by molar-refractivity contribution is -0.135. The van der Waals surface area contributed by atoms with E-state index in [2.05, 4.69) is 6.92 Å². The van der Waals surface area contributed by atoms with Crippen LogP contribution in [0.4, 0.5) is 0 Å². The van der Waals surface area contributed by atoms with Crippen molar-refractivity contribution in [1.29, 1.82) is 0 Å². The van der Waals surface area contributed by atoms with E-state index in [9.17, 15) is 4.79 Å². The van der Waals surface area contributed by atoms with E-state index in [-0.39, 0.29) is 11.8 Å². The molecule has 2 rings (SSSR count). The van der Waals surface area contributed by atoms with Crippen molar-refractivity contribution in [1.82, 2.24) is 4.90 Å². The molecule has 3 heteroatoms. The molecule has 0 heterocycles. The Bertz CT molecular complexity index is 556. The van der Waals surface area contributed by atoms with Crippen LogP contribution in [0, 0.1) is 5.92 Å². The lowest BCUT2D eigenvalue weighted by Crippen LogP contribution is -2.46. The smallest absolute Gasteiger partial charge is 0.240 e. The molecule has 2 N–H and O–H groups in total. The molecule has 0 aliphatic carbocycles. The van der Waals surface area contributed by atoms with E-state index in [1.54, 1.807) is 0 Å². The summed E-state index contributed by atoms with van der Waals surface area (Å²) < 4.78 is 0. The number of nitrogens with two attached hydrogens (primary N) is 1. The van der Waals surface area contributed by atoms with Gasteiger partial charge in [0.1, 0.15) is 0 Å². The van der Waals surface area contributed by atoms with Gasteiger partial charge < -0.3 is 10.6 Å². The van der Waals surface area contributed by atoms with Crippen LogP contribution in [0.15, 0.2) is 60.7 Å². The first-order valence-electron chi connectivity index (χ1n) is 8.24. The van der Waals surface area contributed by atoms with Crippen LogP contribution in [0.25, 0.3) is 0 Å². The van der Waals surface area contributed by atoms with Crippen LogP contribution in [0.1, 0.15) is 31.4 Å². The third-order valence-electron chi connectivity index (χ3n) is 4.29. The first kappa shape index (κ1) is 17.2. The summed E-state index contributed by atoms with van der Waals surface area (Å²) in [5.74, 6) is 0.198. The maximum absolute atomic E-state index is 12.9. The molecule has 0 unspecified atom stereocenters. The van der Waals surface area contributed by atoms with Crippen LogP contribution in [-0.2, 0) is 17.9 Å². The Balaban J connectivity index is 2.18. The fourth-order valence-corrected chi connectivity index (χ4v) is 2.53. The van der Waals surface area contributed by atoms with E-state index in [0.29, 0.717) is 13.1 Å². The number of hydrogen-bond donors (Lipinski definition) is 1. The molecular weight excluding hydrogens is 284 g/mol. The molecule has 0 saturated heterocycles. The fourth-order valence-electron chi connectivity index (χ4n) is 2.53. The standard InChI is InChI=1S/C20H26N2O/c1-3-16(2)19(21)20(23)22(14-17-10-6-4-7-11-17)15-18-12-8-5-9-13-18/h4-13,16,19H,3,14-15,21H2,1-2H3/t16-,19-/m0/s1. The third kappa shape index (κ3) is 4.93. The molecule has 3 nitrogen and oxygen atoms in total. The Kier molecular flexibility index (Phi) is 6.36. The van der Waals surface area contributed by atoms with Crippen molar-refractivity contribution < 1.29 is 4.79 Å². The summed E-state index contributed by atoms with van der Waals surface area (Å²) >= 11 is 0. The summed E-state index contributed by atoms with van der Waals surface area (Å²) in [5, 5.41) is 0. The van der Waals surface area contributed by atoms with E-state index in [0.717, 1.165) is 17.5 Å². The summed E-state index contributed by atoms with van der Waals surface area (Å²) in [6, 6.07) is 19.7. The monoisotopic (exact) mass is 310 g/mol. The topological polar surface area (TPSA) is 46.3 Å². The quantitative estimate of drug-likeness (QED) is 0.849. The van der Waals surface area contributed by atoms with Crippen LogP contribution in [0.3, 0.4) is 0 Å². The van der Waals surface area contributed by atoms with Crippen molar-refractivity contribution in [3.05, 3.63) is 71.8 Å². The molecule has 2 atom stereocenters. The van der Waals surface area contributed by atoms with Crippen molar-refractivity contribution in [2.75, 3.05) is 0 Å². The lowest BCUT2D eigenvalue weighted by atomic mass is 9.98. The first-order valence-corrected chi connectivity index (χ1v) is 8.24. The van der Waals surface area contributed by atoms with Crippen molar-refractivity contribution in [2.45, 2.75) is 39.4 Å². The van der Waals surface area contributed by atoms with Crippen molar-refractivity contribution in [3.63, 3.8) is 0 Å². The second-order valence-electron chi connectivity index (χ2n) is 6.08. The van der Waals surface area contributed by atoms with Gasteiger partial charge in [-0.1, -0.05) is 80.9 Å². The predicted molar refractivity (Wildman–Crippen MR) is 94.6 cm³/mol. The van der Waals surface area contributed by atoms with E-state index in [4.69, 9.17) is 5.73 Å². The summed E-state index contributed by atoms with van der Waals surface area (Å²) in [6.07, 6.45) is 0.900. The van der Waals surface area contributed by atoms with Crippen LogP contribution < -0.4 is 5.73 Å². The number of rotatable bonds is 7. The molecular formula is C20H26N2O. The third-order valence-corrected chi connectivity index (χ3v) is 4.29. The zero-order chi connectivity index (χ0) is 16.7. The van der Waals surface area contributed by atoms with Gasteiger partial charge in [0.05, 0.1) is 6.04 Å². The molecule has 2 aromatic rings. The molecule has 122 valence electrons. The van der Waals surface area contributed by atoms with Crippen molar-refractivity contribution in [3.8, 4) is 0 Å². The average Bonchev–Trinajstić information content (AvgIpc) is 2.61. The molecule has 0 aromatic heterocycles. The zero-order valence-corrected chi connectivity index (χ0v) is 14.0. The minimum Gasteiger partial charge on any atom is -0.333 e. The summed E-state index contributed by atoms with van der Waals surface area (Å²) in [7, 11) is 0. The average molecular weight is 310 g/mol. The largest absolute Gasteiger partial charge is 0.333 e. The second-order valence-corrected chi connectivity index (χ2v) is 6.08. The summed E-state index contributed by atoms with van der Waals surface area (Å²) in [6.45, 7) is 5.26. The second kappa shape index (κ2) is 8.49. The Morgan fingerprint density at radius 3 is 1.78 bits per heavy atom. The number of amides is 1. The minimum absolute atomic E-state index is 0.0204. The number of benzene rings is 2.